The second-order valence-corrected chi connectivity index (χ2v) is 4.70. The Morgan fingerprint density at radius 2 is 1.90 bits per heavy atom. The molecule has 1 heterocycles. The molecule has 0 spiro atoms. The van der Waals surface area contributed by atoms with Gasteiger partial charge < -0.3 is 10.4 Å². The number of phenols is 1. The lowest BCUT2D eigenvalue weighted by atomic mass is 10.2. The number of hydrogen-bond donors (Lipinski definition) is 2. The zero-order chi connectivity index (χ0) is 14.8. The summed E-state index contributed by atoms with van der Waals surface area (Å²) < 4.78 is 0. The smallest absolute Gasteiger partial charge is 0.275 e. The summed E-state index contributed by atoms with van der Waals surface area (Å²) in [5.74, 6) is -0.142. The van der Waals surface area contributed by atoms with E-state index in [9.17, 15) is 9.90 Å². The SMILES string of the molecule is Cc1cc(NC(=O)c2cnc3ccccc3n2)ccc1O. The highest BCUT2D eigenvalue weighted by molar-refractivity contribution is 6.03. The summed E-state index contributed by atoms with van der Waals surface area (Å²) in [5.41, 5.74) is 2.96. The maximum absolute atomic E-state index is 12.2. The van der Waals surface area contributed by atoms with Gasteiger partial charge in [0.25, 0.3) is 5.91 Å². The lowest BCUT2D eigenvalue weighted by Crippen LogP contribution is -2.14. The number of hydrogen-bond acceptors (Lipinski definition) is 4. The van der Waals surface area contributed by atoms with Crippen LogP contribution < -0.4 is 5.32 Å². The number of anilines is 1. The summed E-state index contributed by atoms with van der Waals surface area (Å²) >= 11 is 0. The van der Waals surface area contributed by atoms with Crippen LogP contribution in [0.4, 0.5) is 5.69 Å². The molecule has 0 bridgehead atoms. The van der Waals surface area contributed by atoms with Gasteiger partial charge in [0.05, 0.1) is 17.2 Å². The summed E-state index contributed by atoms with van der Waals surface area (Å²) in [6.07, 6.45) is 1.45. The van der Waals surface area contributed by atoms with Crippen LogP contribution >= 0.6 is 0 Å². The monoisotopic (exact) mass is 279 g/mol. The molecule has 0 radical (unpaired) electrons. The van der Waals surface area contributed by atoms with Gasteiger partial charge in [-0.25, -0.2) is 4.98 Å². The minimum absolute atomic E-state index is 0.193. The molecule has 0 aliphatic carbocycles. The first-order valence-electron chi connectivity index (χ1n) is 6.46. The van der Waals surface area contributed by atoms with Crippen LogP contribution in [0.2, 0.25) is 0 Å². The number of rotatable bonds is 2. The molecule has 0 saturated carbocycles. The van der Waals surface area contributed by atoms with Crippen LogP contribution in [-0.4, -0.2) is 21.0 Å². The van der Waals surface area contributed by atoms with Crippen molar-refractivity contribution >= 4 is 22.6 Å². The Balaban J connectivity index is 1.87. The zero-order valence-corrected chi connectivity index (χ0v) is 11.4. The maximum Gasteiger partial charge on any atom is 0.275 e. The molecule has 104 valence electrons. The van der Waals surface area contributed by atoms with Crippen molar-refractivity contribution < 1.29 is 9.90 Å². The number of amides is 1. The van der Waals surface area contributed by atoms with Crippen molar-refractivity contribution in [3.8, 4) is 5.75 Å². The number of nitrogens with zero attached hydrogens (tertiary/aromatic N) is 2. The molecular formula is C16H13N3O2. The Bertz CT molecular complexity index is 831. The molecule has 0 aliphatic heterocycles. The van der Waals surface area contributed by atoms with Crippen molar-refractivity contribution in [3.05, 3.63) is 59.9 Å². The predicted octanol–water partition coefficient (Wildman–Crippen LogP) is 2.90. The second kappa shape index (κ2) is 5.20. The van der Waals surface area contributed by atoms with Gasteiger partial charge in [0.15, 0.2) is 0 Å². The van der Waals surface area contributed by atoms with Crippen molar-refractivity contribution in [3.63, 3.8) is 0 Å². The van der Waals surface area contributed by atoms with Gasteiger partial charge in [-0.1, -0.05) is 12.1 Å². The van der Waals surface area contributed by atoms with Gasteiger partial charge in [0.1, 0.15) is 11.4 Å². The number of para-hydroxylation sites is 2. The molecular weight excluding hydrogens is 266 g/mol. The standard InChI is InChI=1S/C16H13N3O2/c1-10-8-11(6-7-15(10)20)18-16(21)14-9-17-12-4-2-3-5-13(12)19-14/h2-9,20H,1H3,(H,18,21). The third-order valence-electron chi connectivity index (χ3n) is 3.14. The first-order chi connectivity index (χ1) is 10.1. The molecule has 1 amide bonds. The molecule has 5 heteroatoms. The lowest BCUT2D eigenvalue weighted by molar-refractivity contribution is 0.102. The summed E-state index contributed by atoms with van der Waals surface area (Å²) in [4.78, 5) is 20.7. The lowest BCUT2D eigenvalue weighted by Gasteiger charge is -2.07. The van der Waals surface area contributed by atoms with Crippen molar-refractivity contribution in [2.45, 2.75) is 6.92 Å². The predicted molar refractivity (Wildman–Crippen MR) is 80.3 cm³/mol. The van der Waals surface area contributed by atoms with E-state index in [0.717, 1.165) is 5.52 Å². The van der Waals surface area contributed by atoms with Gasteiger partial charge in [0, 0.05) is 5.69 Å². The van der Waals surface area contributed by atoms with Crippen molar-refractivity contribution in [1.29, 1.82) is 0 Å². The molecule has 1 aromatic heterocycles. The Kier molecular flexibility index (Phi) is 3.23. The molecule has 2 N–H and O–H groups in total. The number of aromatic nitrogens is 2. The number of nitrogens with one attached hydrogen (secondary N) is 1. The average Bonchev–Trinajstić information content (AvgIpc) is 2.50. The molecule has 3 rings (SSSR count). The van der Waals surface area contributed by atoms with Crippen LogP contribution in [0.25, 0.3) is 11.0 Å². The van der Waals surface area contributed by atoms with Crippen LogP contribution in [0.3, 0.4) is 0 Å². The van der Waals surface area contributed by atoms with Gasteiger partial charge >= 0.3 is 0 Å². The fraction of sp³-hybridized carbons (Fsp3) is 0.0625. The van der Waals surface area contributed by atoms with E-state index in [1.165, 1.54) is 12.3 Å². The van der Waals surface area contributed by atoms with Crippen molar-refractivity contribution in [2.24, 2.45) is 0 Å². The number of phenolic OH excluding ortho intramolecular Hbond substituents is 1. The summed E-state index contributed by atoms with van der Waals surface area (Å²) in [7, 11) is 0. The number of aryl methyl sites for hydroxylation is 1. The maximum atomic E-state index is 12.2. The number of aromatic hydroxyl groups is 1. The largest absolute Gasteiger partial charge is 0.508 e. The van der Waals surface area contributed by atoms with E-state index in [0.29, 0.717) is 16.8 Å². The molecule has 0 unspecified atom stereocenters. The molecule has 0 atom stereocenters. The molecule has 21 heavy (non-hydrogen) atoms. The van der Waals surface area contributed by atoms with Crippen molar-refractivity contribution in [1.82, 2.24) is 9.97 Å². The first-order valence-corrected chi connectivity index (χ1v) is 6.46. The Morgan fingerprint density at radius 1 is 1.14 bits per heavy atom. The third-order valence-corrected chi connectivity index (χ3v) is 3.14. The summed E-state index contributed by atoms with van der Waals surface area (Å²) in [5, 5.41) is 12.2. The van der Waals surface area contributed by atoms with Crippen LogP contribution in [-0.2, 0) is 0 Å². The Morgan fingerprint density at radius 3 is 2.67 bits per heavy atom. The molecule has 0 saturated heterocycles. The first kappa shape index (κ1) is 13.1. The number of fused-ring (bicyclic) bond motifs is 1. The van der Waals surface area contributed by atoms with E-state index >= 15 is 0 Å². The highest BCUT2D eigenvalue weighted by Gasteiger charge is 2.10. The van der Waals surface area contributed by atoms with Crippen LogP contribution in [0.15, 0.2) is 48.7 Å². The van der Waals surface area contributed by atoms with E-state index in [1.807, 2.05) is 24.3 Å². The van der Waals surface area contributed by atoms with E-state index in [-0.39, 0.29) is 17.4 Å². The molecule has 5 nitrogen and oxygen atoms in total. The van der Waals surface area contributed by atoms with Gasteiger partial charge in [-0.05, 0) is 42.8 Å². The normalized spacial score (nSPS) is 10.5. The average molecular weight is 279 g/mol. The van der Waals surface area contributed by atoms with Crippen LogP contribution in [0, 0.1) is 6.92 Å². The number of carbonyl (C=O) groups excluding carboxylic acids is 1. The fourth-order valence-electron chi connectivity index (χ4n) is 1.99. The highest BCUT2D eigenvalue weighted by atomic mass is 16.3. The molecule has 2 aromatic carbocycles. The Labute approximate surface area is 121 Å². The summed E-state index contributed by atoms with van der Waals surface area (Å²) in [6.45, 7) is 1.76. The molecule has 0 fully saturated rings. The highest BCUT2D eigenvalue weighted by Crippen LogP contribution is 2.20. The van der Waals surface area contributed by atoms with Crippen molar-refractivity contribution in [2.75, 3.05) is 5.32 Å². The van der Waals surface area contributed by atoms with Gasteiger partial charge in [-0.3, -0.25) is 9.78 Å². The molecule has 3 aromatic rings. The fourth-order valence-corrected chi connectivity index (χ4v) is 1.99. The van der Waals surface area contributed by atoms with Gasteiger partial charge in [-0.2, -0.15) is 0 Å². The number of benzene rings is 2. The van der Waals surface area contributed by atoms with E-state index in [2.05, 4.69) is 15.3 Å². The van der Waals surface area contributed by atoms with Gasteiger partial charge in [-0.15, -0.1) is 0 Å². The van der Waals surface area contributed by atoms with E-state index < -0.39 is 0 Å². The molecule has 0 aliphatic rings. The van der Waals surface area contributed by atoms with Crippen LogP contribution in [0.5, 0.6) is 5.75 Å². The Hall–Kier alpha value is -2.95. The minimum atomic E-state index is -0.335. The topological polar surface area (TPSA) is 75.1 Å². The minimum Gasteiger partial charge on any atom is -0.508 e. The van der Waals surface area contributed by atoms with E-state index in [4.69, 9.17) is 0 Å². The third kappa shape index (κ3) is 2.67. The van der Waals surface area contributed by atoms with Crippen LogP contribution in [0.1, 0.15) is 16.1 Å². The van der Waals surface area contributed by atoms with E-state index in [1.54, 1.807) is 19.1 Å². The van der Waals surface area contributed by atoms with Gasteiger partial charge in [0.2, 0.25) is 0 Å². The quantitative estimate of drug-likeness (QED) is 0.707. The second-order valence-electron chi connectivity index (χ2n) is 4.70. The zero-order valence-electron chi connectivity index (χ0n) is 11.4. The summed E-state index contributed by atoms with van der Waals surface area (Å²) in [6, 6.07) is 12.2. The number of carbonyl (C=O) groups is 1.